The van der Waals surface area contributed by atoms with Crippen molar-refractivity contribution < 1.29 is 4.74 Å². The second-order valence-corrected chi connectivity index (χ2v) is 5.80. The Bertz CT molecular complexity index is 714. The van der Waals surface area contributed by atoms with Crippen molar-refractivity contribution in [1.29, 1.82) is 0 Å². The number of nitrogens with zero attached hydrogens (tertiary/aromatic N) is 1. The maximum atomic E-state index is 6.25. The third-order valence-corrected chi connectivity index (χ3v) is 4.30. The molecule has 0 bridgehead atoms. The minimum absolute atomic E-state index is 0.666. The van der Waals surface area contributed by atoms with Crippen LogP contribution in [0.3, 0.4) is 0 Å². The topological polar surface area (TPSA) is 21.6 Å². The number of ether oxygens (including phenoxy) is 1. The van der Waals surface area contributed by atoms with E-state index in [2.05, 4.69) is 32.0 Å². The van der Waals surface area contributed by atoms with Gasteiger partial charge in [0.2, 0.25) is 0 Å². The first kappa shape index (κ1) is 14.2. The van der Waals surface area contributed by atoms with Crippen LogP contribution in [0.2, 0.25) is 5.02 Å². The highest BCUT2D eigenvalue weighted by Gasteiger charge is 2.20. The normalized spacial score (nSPS) is 13.6. The quantitative estimate of drug-likeness (QED) is 0.807. The molecular formula is C18H18ClNO. The number of halogens is 1. The molecule has 3 heteroatoms. The molecule has 0 aliphatic carbocycles. The molecule has 0 fully saturated rings. The lowest BCUT2D eigenvalue weighted by Gasteiger charge is -2.21. The molecule has 0 aromatic heterocycles. The van der Waals surface area contributed by atoms with Gasteiger partial charge >= 0.3 is 0 Å². The molecule has 2 aromatic carbocycles. The van der Waals surface area contributed by atoms with Crippen molar-refractivity contribution in [3.63, 3.8) is 0 Å². The number of methoxy groups -OCH3 is 1. The minimum Gasteiger partial charge on any atom is -0.495 e. The van der Waals surface area contributed by atoms with Crippen molar-refractivity contribution in [3.8, 4) is 5.75 Å². The Morgan fingerprint density at radius 1 is 1.14 bits per heavy atom. The van der Waals surface area contributed by atoms with Crippen LogP contribution in [0.5, 0.6) is 5.75 Å². The Morgan fingerprint density at radius 2 is 1.86 bits per heavy atom. The first-order valence-electron chi connectivity index (χ1n) is 7.09. The van der Waals surface area contributed by atoms with E-state index in [-0.39, 0.29) is 0 Å². The molecule has 108 valence electrons. The maximum absolute atomic E-state index is 6.25. The number of aliphatic imine (C=N–C) groups is 1. The number of aryl methyl sites for hydroxylation is 2. The predicted molar refractivity (Wildman–Crippen MR) is 88.1 cm³/mol. The van der Waals surface area contributed by atoms with E-state index in [0.717, 1.165) is 24.2 Å². The predicted octanol–water partition coefficient (Wildman–Crippen LogP) is 4.36. The van der Waals surface area contributed by atoms with Gasteiger partial charge in [0.05, 0.1) is 17.8 Å². The van der Waals surface area contributed by atoms with Gasteiger partial charge in [-0.25, -0.2) is 0 Å². The summed E-state index contributed by atoms with van der Waals surface area (Å²) >= 11 is 6.25. The summed E-state index contributed by atoms with van der Waals surface area (Å²) in [6.45, 7) is 5.07. The van der Waals surface area contributed by atoms with Gasteiger partial charge in [-0.2, -0.15) is 0 Å². The standard InChI is InChI=1S/C18H18ClNO/c1-11-5-4-6-12(2)17(11)18-14-10-16(21-3)15(19)9-13(14)7-8-20-18/h4-6,9-10H,7-8H2,1-3H3. The summed E-state index contributed by atoms with van der Waals surface area (Å²) in [4.78, 5) is 4.79. The monoisotopic (exact) mass is 299 g/mol. The molecule has 0 radical (unpaired) electrons. The van der Waals surface area contributed by atoms with Crippen LogP contribution in [0.25, 0.3) is 0 Å². The molecule has 0 saturated heterocycles. The Kier molecular flexibility index (Phi) is 3.73. The Balaban J connectivity index is 2.22. The van der Waals surface area contributed by atoms with Crippen LogP contribution in [0.4, 0.5) is 0 Å². The van der Waals surface area contributed by atoms with Crippen molar-refractivity contribution in [2.75, 3.05) is 13.7 Å². The summed E-state index contributed by atoms with van der Waals surface area (Å²) in [6.07, 6.45) is 0.924. The zero-order valence-electron chi connectivity index (χ0n) is 12.5. The van der Waals surface area contributed by atoms with Crippen molar-refractivity contribution >= 4 is 17.3 Å². The molecule has 0 amide bonds. The Hall–Kier alpha value is -1.80. The number of fused-ring (bicyclic) bond motifs is 1. The Morgan fingerprint density at radius 3 is 2.52 bits per heavy atom. The SMILES string of the molecule is COc1cc2c(cc1Cl)CCN=C2c1c(C)cccc1C. The number of rotatable bonds is 2. The summed E-state index contributed by atoms with van der Waals surface area (Å²) in [5.74, 6) is 0.705. The van der Waals surface area contributed by atoms with Crippen molar-refractivity contribution in [2.45, 2.75) is 20.3 Å². The van der Waals surface area contributed by atoms with Crippen LogP contribution in [-0.4, -0.2) is 19.4 Å². The van der Waals surface area contributed by atoms with Gasteiger partial charge in [-0.1, -0.05) is 29.8 Å². The van der Waals surface area contributed by atoms with Crippen LogP contribution < -0.4 is 4.74 Å². The van der Waals surface area contributed by atoms with E-state index >= 15 is 0 Å². The molecule has 1 heterocycles. The van der Waals surface area contributed by atoms with E-state index in [1.165, 1.54) is 22.3 Å². The van der Waals surface area contributed by atoms with Gasteiger partial charge in [-0.3, -0.25) is 4.99 Å². The number of hydrogen-bond acceptors (Lipinski definition) is 2. The van der Waals surface area contributed by atoms with E-state index in [0.29, 0.717) is 10.8 Å². The maximum Gasteiger partial charge on any atom is 0.138 e. The van der Waals surface area contributed by atoms with E-state index in [1.54, 1.807) is 7.11 Å². The summed E-state index contributed by atoms with van der Waals surface area (Å²) in [5.41, 5.74) is 7.16. The molecule has 0 N–H and O–H groups in total. The van der Waals surface area contributed by atoms with E-state index in [1.807, 2.05) is 12.1 Å². The van der Waals surface area contributed by atoms with Crippen LogP contribution in [0.1, 0.15) is 27.8 Å². The van der Waals surface area contributed by atoms with Crippen LogP contribution in [0.15, 0.2) is 35.3 Å². The summed E-state index contributed by atoms with van der Waals surface area (Å²) in [5, 5.41) is 0.666. The molecule has 0 atom stereocenters. The molecular weight excluding hydrogens is 282 g/mol. The molecule has 1 aliphatic heterocycles. The zero-order valence-corrected chi connectivity index (χ0v) is 13.3. The highest BCUT2D eigenvalue weighted by molar-refractivity contribution is 6.32. The van der Waals surface area contributed by atoms with Crippen LogP contribution >= 0.6 is 11.6 Å². The first-order valence-corrected chi connectivity index (χ1v) is 7.47. The highest BCUT2D eigenvalue weighted by atomic mass is 35.5. The molecule has 0 spiro atoms. The van der Waals surface area contributed by atoms with E-state index < -0.39 is 0 Å². The van der Waals surface area contributed by atoms with E-state index in [4.69, 9.17) is 21.3 Å². The summed E-state index contributed by atoms with van der Waals surface area (Å²) < 4.78 is 5.37. The molecule has 1 aliphatic rings. The van der Waals surface area contributed by atoms with Crippen molar-refractivity contribution in [3.05, 3.63) is 63.2 Å². The third kappa shape index (κ3) is 2.44. The number of benzene rings is 2. The first-order chi connectivity index (χ1) is 10.1. The second kappa shape index (κ2) is 5.53. The van der Waals surface area contributed by atoms with Gasteiger partial charge in [-0.05, 0) is 49.1 Å². The van der Waals surface area contributed by atoms with Crippen LogP contribution in [0, 0.1) is 13.8 Å². The molecule has 21 heavy (non-hydrogen) atoms. The molecule has 0 saturated carbocycles. The molecule has 2 aromatic rings. The fourth-order valence-electron chi connectivity index (χ4n) is 2.95. The third-order valence-electron chi connectivity index (χ3n) is 4.00. The fraction of sp³-hybridized carbons (Fsp3) is 0.278. The van der Waals surface area contributed by atoms with Gasteiger partial charge in [0, 0.05) is 17.7 Å². The van der Waals surface area contributed by atoms with Crippen molar-refractivity contribution in [1.82, 2.24) is 0 Å². The molecule has 0 unspecified atom stereocenters. The van der Waals surface area contributed by atoms with Crippen molar-refractivity contribution in [2.24, 2.45) is 4.99 Å². The zero-order chi connectivity index (χ0) is 15.0. The lowest BCUT2D eigenvalue weighted by Crippen LogP contribution is -2.16. The minimum atomic E-state index is 0.666. The Labute approximate surface area is 130 Å². The smallest absolute Gasteiger partial charge is 0.138 e. The van der Waals surface area contributed by atoms with E-state index in [9.17, 15) is 0 Å². The van der Waals surface area contributed by atoms with Gasteiger partial charge < -0.3 is 4.74 Å². The van der Waals surface area contributed by atoms with Crippen LogP contribution in [-0.2, 0) is 6.42 Å². The van der Waals surface area contributed by atoms with Gasteiger partial charge in [0.25, 0.3) is 0 Å². The second-order valence-electron chi connectivity index (χ2n) is 5.39. The largest absolute Gasteiger partial charge is 0.495 e. The highest BCUT2D eigenvalue weighted by Crippen LogP contribution is 2.32. The molecule has 3 rings (SSSR count). The summed E-state index contributed by atoms with van der Waals surface area (Å²) in [6, 6.07) is 10.4. The van der Waals surface area contributed by atoms with Gasteiger partial charge in [-0.15, -0.1) is 0 Å². The van der Waals surface area contributed by atoms with Gasteiger partial charge in [0.1, 0.15) is 5.75 Å². The average Bonchev–Trinajstić information content (AvgIpc) is 2.46. The summed E-state index contributed by atoms with van der Waals surface area (Å²) in [7, 11) is 1.65. The average molecular weight is 300 g/mol. The lowest BCUT2D eigenvalue weighted by atomic mass is 9.89. The fourth-order valence-corrected chi connectivity index (χ4v) is 3.22. The van der Waals surface area contributed by atoms with Gasteiger partial charge in [0.15, 0.2) is 0 Å². The number of hydrogen-bond donors (Lipinski definition) is 0. The lowest BCUT2D eigenvalue weighted by molar-refractivity contribution is 0.414. The molecule has 2 nitrogen and oxygen atoms in total.